The van der Waals surface area contributed by atoms with Crippen LogP contribution in [0.25, 0.3) is 11.4 Å². The molecule has 2 saturated heterocycles. The van der Waals surface area contributed by atoms with Crippen LogP contribution in [0.4, 0.5) is 0 Å². The molecule has 0 saturated carbocycles. The van der Waals surface area contributed by atoms with Crippen LogP contribution < -0.4 is 9.47 Å². The van der Waals surface area contributed by atoms with Crippen LogP contribution in [0.15, 0.2) is 48.2 Å². The summed E-state index contributed by atoms with van der Waals surface area (Å²) in [6.07, 6.45) is 5.57. The normalized spacial score (nSPS) is 19.0. The molecule has 2 aliphatic heterocycles. The Labute approximate surface area is 252 Å². The quantitative estimate of drug-likeness (QED) is 0.132. The Morgan fingerprint density at radius 3 is 2.60 bits per heavy atom. The predicted octanol–water partition coefficient (Wildman–Crippen LogP) is 4.75. The van der Waals surface area contributed by atoms with Crippen LogP contribution in [-0.2, 0) is 14.3 Å². The Bertz CT molecular complexity index is 1480. The van der Waals surface area contributed by atoms with E-state index in [9.17, 15) is 14.7 Å². The van der Waals surface area contributed by atoms with Gasteiger partial charge in [-0.05, 0) is 56.5 Å². The van der Waals surface area contributed by atoms with E-state index in [1.807, 2.05) is 43.3 Å². The largest absolute Gasteiger partial charge is 0.505 e. The fraction of sp³-hybridized carbons (Fsp3) is 0.485. The molecule has 1 aromatic carbocycles. The third kappa shape index (κ3) is 6.55. The number of imidazole rings is 1. The Morgan fingerprint density at radius 2 is 1.84 bits per heavy atom. The lowest BCUT2D eigenvalue weighted by molar-refractivity contribution is -0.140. The van der Waals surface area contributed by atoms with E-state index in [0.717, 1.165) is 38.9 Å². The molecule has 0 bridgehead atoms. The summed E-state index contributed by atoms with van der Waals surface area (Å²) in [6.45, 7) is 11.0. The molecule has 2 aromatic heterocycles. The van der Waals surface area contributed by atoms with Gasteiger partial charge in [-0.15, -0.1) is 0 Å². The molecule has 4 heterocycles. The first-order valence-corrected chi connectivity index (χ1v) is 15.4. The maximum atomic E-state index is 13.7. The highest BCUT2D eigenvalue weighted by molar-refractivity contribution is 6.46. The number of aryl methyl sites for hydroxylation is 1. The highest BCUT2D eigenvalue weighted by Gasteiger charge is 2.46. The second kappa shape index (κ2) is 14.1. The number of aliphatic hydroxyl groups excluding tert-OH is 1. The number of carbonyl (C=O) groups is 2. The van der Waals surface area contributed by atoms with Gasteiger partial charge in [0.2, 0.25) is 0 Å². The lowest BCUT2D eigenvalue weighted by Gasteiger charge is -2.29. The van der Waals surface area contributed by atoms with E-state index >= 15 is 0 Å². The van der Waals surface area contributed by atoms with E-state index in [-0.39, 0.29) is 11.3 Å². The van der Waals surface area contributed by atoms with Gasteiger partial charge in [0.1, 0.15) is 11.3 Å². The van der Waals surface area contributed by atoms with Crippen LogP contribution in [0.3, 0.4) is 0 Å². The number of likely N-dealkylation sites (tertiary alicyclic amines) is 1. The van der Waals surface area contributed by atoms with Crippen LogP contribution in [0.1, 0.15) is 62.5 Å². The molecular weight excluding hydrogens is 548 g/mol. The molecule has 230 valence electrons. The number of hydrogen-bond acceptors (Lipinski definition) is 8. The maximum absolute atomic E-state index is 13.7. The smallest absolute Gasteiger partial charge is 0.295 e. The number of benzene rings is 1. The SMILES string of the molecule is CCCCCOc1ccc(C2/C(=C(\O)c3c(C)nc4ccccn34)C(=O)C(=O)N2CCCN2CCOCC2)cc1OCC. The highest BCUT2D eigenvalue weighted by Crippen LogP contribution is 2.42. The molecule has 0 radical (unpaired) electrons. The molecular formula is C33H42N4O6. The average Bonchev–Trinajstić information content (AvgIpc) is 3.48. The second-order valence-electron chi connectivity index (χ2n) is 11.0. The number of ketones is 1. The number of morpholine rings is 1. The van der Waals surface area contributed by atoms with Gasteiger partial charge in [-0.25, -0.2) is 4.98 Å². The van der Waals surface area contributed by atoms with Gasteiger partial charge >= 0.3 is 0 Å². The van der Waals surface area contributed by atoms with E-state index in [0.29, 0.717) is 73.5 Å². The first kappa shape index (κ1) is 30.6. The van der Waals surface area contributed by atoms with Crippen molar-refractivity contribution in [1.82, 2.24) is 19.2 Å². The number of carbonyl (C=O) groups excluding carboxylic acids is 2. The summed E-state index contributed by atoms with van der Waals surface area (Å²) in [7, 11) is 0. The molecule has 1 amide bonds. The number of fused-ring (bicyclic) bond motifs is 1. The topological polar surface area (TPSA) is 106 Å². The lowest BCUT2D eigenvalue weighted by Crippen LogP contribution is -2.39. The van der Waals surface area contributed by atoms with Crippen LogP contribution in [-0.4, -0.2) is 88.6 Å². The van der Waals surface area contributed by atoms with Crippen LogP contribution in [0, 0.1) is 6.92 Å². The standard InChI is InChI=1S/C33H42N4O6/c1-4-6-9-19-43-25-13-12-24(22-26(25)42-5-2)30-28(31(38)29-23(3)34-27-11-7-8-15-36(27)29)32(39)33(40)37(30)16-10-14-35-17-20-41-21-18-35/h7-8,11-13,15,22,30,38H,4-6,9-10,14,16-21H2,1-3H3/b31-28+. The molecule has 2 fully saturated rings. The van der Waals surface area contributed by atoms with Crippen LogP contribution in [0.5, 0.6) is 11.5 Å². The van der Waals surface area contributed by atoms with Crippen molar-refractivity contribution in [1.29, 1.82) is 0 Å². The number of Topliss-reactive ketones (excluding diaryl/α,β-unsaturated/α-hetero) is 1. The van der Waals surface area contributed by atoms with E-state index in [1.54, 1.807) is 22.4 Å². The number of pyridine rings is 1. The summed E-state index contributed by atoms with van der Waals surface area (Å²) in [5, 5.41) is 11.8. The van der Waals surface area contributed by atoms with Crippen LogP contribution >= 0.6 is 0 Å². The predicted molar refractivity (Wildman–Crippen MR) is 163 cm³/mol. The Morgan fingerprint density at radius 1 is 1.02 bits per heavy atom. The molecule has 0 spiro atoms. The van der Waals surface area contributed by atoms with Gasteiger partial charge in [0, 0.05) is 32.4 Å². The number of ether oxygens (including phenoxy) is 3. The minimum atomic E-state index is -0.799. The zero-order chi connectivity index (χ0) is 30.3. The van der Waals surface area contributed by atoms with Crippen molar-refractivity contribution in [2.45, 2.75) is 52.5 Å². The number of hydrogen-bond donors (Lipinski definition) is 1. The van der Waals surface area contributed by atoms with Crippen molar-refractivity contribution in [3.63, 3.8) is 0 Å². The molecule has 2 aliphatic rings. The van der Waals surface area contributed by atoms with Crippen molar-refractivity contribution in [2.24, 2.45) is 0 Å². The number of aliphatic hydroxyl groups is 1. The summed E-state index contributed by atoms with van der Waals surface area (Å²) in [5.74, 6) is -0.423. The third-order valence-electron chi connectivity index (χ3n) is 8.03. The number of amides is 1. The number of aromatic nitrogens is 2. The van der Waals surface area contributed by atoms with Crippen LogP contribution in [0.2, 0.25) is 0 Å². The van der Waals surface area contributed by atoms with Gasteiger partial charge in [-0.2, -0.15) is 0 Å². The molecule has 10 nitrogen and oxygen atoms in total. The summed E-state index contributed by atoms with van der Waals surface area (Å²) in [5.41, 5.74) is 2.31. The first-order chi connectivity index (χ1) is 20.9. The minimum Gasteiger partial charge on any atom is -0.505 e. The first-order valence-electron chi connectivity index (χ1n) is 15.4. The fourth-order valence-corrected chi connectivity index (χ4v) is 5.89. The van der Waals surface area contributed by atoms with E-state index < -0.39 is 17.7 Å². The molecule has 10 heteroatoms. The molecule has 0 aliphatic carbocycles. The monoisotopic (exact) mass is 590 g/mol. The molecule has 1 unspecified atom stereocenters. The summed E-state index contributed by atoms with van der Waals surface area (Å²) in [6, 6.07) is 10.3. The second-order valence-corrected chi connectivity index (χ2v) is 11.0. The van der Waals surface area contributed by atoms with Gasteiger partial charge in [0.05, 0.1) is 43.7 Å². The van der Waals surface area contributed by atoms with Crippen molar-refractivity contribution < 1.29 is 28.9 Å². The zero-order valence-electron chi connectivity index (χ0n) is 25.4. The Hall–Kier alpha value is -3.89. The summed E-state index contributed by atoms with van der Waals surface area (Å²) < 4.78 is 19.2. The molecule has 1 atom stereocenters. The van der Waals surface area contributed by atoms with Gasteiger partial charge in [0.25, 0.3) is 11.7 Å². The lowest BCUT2D eigenvalue weighted by atomic mass is 9.95. The van der Waals surface area contributed by atoms with E-state index in [1.165, 1.54) is 0 Å². The molecule has 43 heavy (non-hydrogen) atoms. The average molecular weight is 591 g/mol. The molecule has 5 rings (SSSR count). The van der Waals surface area contributed by atoms with E-state index in [4.69, 9.17) is 14.2 Å². The maximum Gasteiger partial charge on any atom is 0.295 e. The van der Waals surface area contributed by atoms with Crippen molar-refractivity contribution in [3.05, 3.63) is 65.1 Å². The number of unbranched alkanes of at least 4 members (excludes halogenated alkanes) is 2. The van der Waals surface area contributed by atoms with Crippen molar-refractivity contribution in [2.75, 3.05) is 52.6 Å². The van der Waals surface area contributed by atoms with Gasteiger partial charge < -0.3 is 24.2 Å². The van der Waals surface area contributed by atoms with Gasteiger partial charge in [-0.1, -0.05) is 31.9 Å². The van der Waals surface area contributed by atoms with Gasteiger partial charge in [0.15, 0.2) is 17.3 Å². The fourth-order valence-electron chi connectivity index (χ4n) is 5.89. The Balaban J connectivity index is 1.55. The molecule has 3 aromatic rings. The Kier molecular flexibility index (Phi) is 9.99. The number of nitrogens with zero attached hydrogens (tertiary/aromatic N) is 4. The minimum absolute atomic E-state index is 0.0455. The molecule has 1 N–H and O–H groups in total. The van der Waals surface area contributed by atoms with Crippen molar-refractivity contribution >= 4 is 23.1 Å². The third-order valence-corrected chi connectivity index (χ3v) is 8.03. The number of rotatable bonds is 13. The summed E-state index contributed by atoms with van der Waals surface area (Å²) >= 11 is 0. The van der Waals surface area contributed by atoms with Crippen molar-refractivity contribution in [3.8, 4) is 11.5 Å². The highest BCUT2D eigenvalue weighted by atomic mass is 16.5. The zero-order valence-corrected chi connectivity index (χ0v) is 25.4. The summed E-state index contributed by atoms with van der Waals surface area (Å²) in [4.78, 5) is 35.8. The van der Waals surface area contributed by atoms with E-state index in [2.05, 4.69) is 16.8 Å². The van der Waals surface area contributed by atoms with Gasteiger partial charge in [-0.3, -0.25) is 18.9 Å².